The van der Waals surface area contributed by atoms with E-state index >= 15 is 0 Å². The molecule has 0 radical (unpaired) electrons. The highest BCUT2D eigenvalue weighted by atomic mass is 32.1. The molecule has 4 heteroatoms. The normalized spacial score (nSPS) is 20.1. The van der Waals surface area contributed by atoms with Crippen molar-refractivity contribution in [3.8, 4) is 0 Å². The van der Waals surface area contributed by atoms with Crippen molar-refractivity contribution in [1.29, 1.82) is 0 Å². The number of thiazole rings is 1. The standard InChI is InChI=1S/C8H13N3S/c9-8(2-1-3-8)6-11-7-10-4-5-12-7/h4-5H,1-3,6,9H2,(H,10,11). The highest BCUT2D eigenvalue weighted by molar-refractivity contribution is 7.13. The third-order valence-corrected chi connectivity index (χ3v) is 3.10. The highest BCUT2D eigenvalue weighted by Crippen LogP contribution is 2.29. The quantitative estimate of drug-likeness (QED) is 0.745. The first-order valence-corrected chi connectivity index (χ1v) is 5.09. The number of nitrogens with two attached hydrogens (primary N) is 1. The number of aromatic nitrogens is 1. The predicted molar refractivity (Wildman–Crippen MR) is 51.4 cm³/mol. The van der Waals surface area contributed by atoms with Crippen LogP contribution >= 0.6 is 11.3 Å². The maximum Gasteiger partial charge on any atom is 0.182 e. The maximum atomic E-state index is 6.03. The van der Waals surface area contributed by atoms with Gasteiger partial charge in [0.15, 0.2) is 5.13 Å². The van der Waals surface area contributed by atoms with E-state index in [0.29, 0.717) is 0 Å². The summed E-state index contributed by atoms with van der Waals surface area (Å²) >= 11 is 1.62. The average Bonchev–Trinajstić information content (AvgIpc) is 2.49. The topological polar surface area (TPSA) is 50.9 Å². The third-order valence-electron chi connectivity index (χ3n) is 2.37. The molecule has 0 aromatic carbocycles. The molecule has 12 heavy (non-hydrogen) atoms. The van der Waals surface area contributed by atoms with Crippen LogP contribution in [0.15, 0.2) is 11.6 Å². The van der Waals surface area contributed by atoms with Crippen LogP contribution in [-0.2, 0) is 0 Å². The lowest BCUT2D eigenvalue weighted by Gasteiger charge is -2.38. The van der Waals surface area contributed by atoms with Gasteiger partial charge < -0.3 is 11.1 Å². The molecule has 1 aromatic rings. The van der Waals surface area contributed by atoms with Gasteiger partial charge in [-0.25, -0.2) is 4.98 Å². The zero-order valence-electron chi connectivity index (χ0n) is 6.92. The lowest BCUT2D eigenvalue weighted by atomic mass is 9.78. The molecule has 3 N–H and O–H groups in total. The fourth-order valence-corrected chi connectivity index (χ4v) is 1.90. The summed E-state index contributed by atoms with van der Waals surface area (Å²) < 4.78 is 0. The summed E-state index contributed by atoms with van der Waals surface area (Å²) in [6, 6.07) is 0. The van der Waals surface area contributed by atoms with Crippen molar-refractivity contribution in [2.24, 2.45) is 5.73 Å². The second kappa shape index (κ2) is 3.03. The molecule has 0 unspecified atom stereocenters. The molecule has 0 spiro atoms. The summed E-state index contributed by atoms with van der Waals surface area (Å²) in [4.78, 5) is 4.13. The van der Waals surface area contributed by atoms with Crippen molar-refractivity contribution >= 4 is 16.5 Å². The van der Waals surface area contributed by atoms with E-state index in [1.54, 1.807) is 17.5 Å². The van der Waals surface area contributed by atoms with E-state index in [4.69, 9.17) is 5.73 Å². The van der Waals surface area contributed by atoms with Crippen molar-refractivity contribution in [3.63, 3.8) is 0 Å². The van der Waals surface area contributed by atoms with E-state index in [-0.39, 0.29) is 5.54 Å². The van der Waals surface area contributed by atoms with Crippen LogP contribution in [-0.4, -0.2) is 17.1 Å². The first-order valence-electron chi connectivity index (χ1n) is 4.21. The van der Waals surface area contributed by atoms with Crippen LogP contribution in [0.25, 0.3) is 0 Å². The van der Waals surface area contributed by atoms with Gasteiger partial charge in [0.2, 0.25) is 0 Å². The van der Waals surface area contributed by atoms with Crippen LogP contribution in [0.5, 0.6) is 0 Å². The van der Waals surface area contributed by atoms with Crippen molar-refractivity contribution in [2.45, 2.75) is 24.8 Å². The molecule has 0 amide bonds. The smallest absolute Gasteiger partial charge is 0.182 e. The van der Waals surface area contributed by atoms with Gasteiger partial charge in [-0.1, -0.05) is 0 Å². The summed E-state index contributed by atoms with van der Waals surface area (Å²) in [6.07, 6.45) is 5.36. The van der Waals surface area contributed by atoms with Crippen LogP contribution < -0.4 is 11.1 Å². The zero-order chi connectivity index (χ0) is 8.44. The number of nitrogens with zero attached hydrogens (tertiary/aromatic N) is 1. The van der Waals surface area contributed by atoms with E-state index < -0.39 is 0 Å². The Morgan fingerprint density at radius 1 is 1.67 bits per heavy atom. The molecule has 1 aliphatic rings. The zero-order valence-corrected chi connectivity index (χ0v) is 7.73. The van der Waals surface area contributed by atoms with E-state index in [1.807, 2.05) is 5.38 Å². The molecule has 66 valence electrons. The summed E-state index contributed by atoms with van der Waals surface area (Å²) in [5, 5.41) is 6.19. The third kappa shape index (κ3) is 1.59. The van der Waals surface area contributed by atoms with Crippen LogP contribution in [0.2, 0.25) is 0 Å². The minimum atomic E-state index is 0.0473. The highest BCUT2D eigenvalue weighted by Gasteiger charge is 2.32. The van der Waals surface area contributed by atoms with Gasteiger partial charge in [-0.05, 0) is 19.3 Å². The Kier molecular flexibility index (Phi) is 2.02. The number of nitrogens with one attached hydrogen (secondary N) is 1. The Balaban J connectivity index is 1.82. The molecule has 0 aliphatic heterocycles. The van der Waals surface area contributed by atoms with Gasteiger partial charge in [-0.15, -0.1) is 11.3 Å². The Morgan fingerprint density at radius 3 is 3.00 bits per heavy atom. The molecule has 0 bridgehead atoms. The molecule has 1 fully saturated rings. The minimum Gasteiger partial charge on any atom is -0.360 e. The second-order valence-corrected chi connectivity index (χ2v) is 4.30. The van der Waals surface area contributed by atoms with Gasteiger partial charge in [0.1, 0.15) is 0 Å². The maximum absolute atomic E-state index is 6.03. The predicted octanol–water partition coefficient (Wildman–Crippen LogP) is 1.44. The number of anilines is 1. The van der Waals surface area contributed by atoms with Crippen molar-refractivity contribution in [3.05, 3.63) is 11.6 Å². The first kappa shape index (κ1) is 8.01. The summed E-state index contributed by atoms with van der Waals surface area (Å²) in [6.45, 7) is 0.862. The molecule has 1 aliphatic carbocycles. The van der Waals surface area contributed by atoms with E-state index in [1.165, 1.54) is 6.42 Å². The lowest BCUT2D eigenvalue weighted by molar-refractivity contribution is 0.265. The fraction of sp³-hybridized carbons (Fsp3) is 0.625. The van der Waals surface area contributed by atoms with Crippen LogP contribution in [0.1, 0.15) is 19.3 Å². The number of rotatable bonds is 3. The number of hydrogen-bond acceptors (Lipinski definition) is 4. The Labute approximate surface area is 76.0 Å². The summed E-state index contributed by atoms with van der Waals surface area (Å²) in [5.41, 5.74) is 6.08. The molecular formula is C8H13N3S. The van der Waals surface area contributed by atoms with Gasteiger partial charge in [0.25, 0.3) is 0 Å². The van der Waals surface area contributed by atoms with E-state index in [9.17, 15) is 0 Å². The van der Waals surface area contributed by atoms with Gasteiger partial charge in [0.05, 0.1) is 0 Å². The molecule has 0 saturated heterocycles. The SMILES string of the molecule is NC1(CNc2nccs2)CCC1. The number of hydrogen-bond donors (Lipinski definition) is 2. The molecule has 1 aromatic heterocycles. The van der Waals surface area contributed by atoms with Crippen LogP contribution in [0, 0.1) is 0 Å². The minimum absolute atomic E-state index is 0.0473. The largest absolute Gasteiger partial charge is 0.360 e. The van der Waals surface area contributed by atoms with Crippen molar-refractivity contribution in [2.75, 3.05) is 11.9 Å². The Morgan fingerprint density at radius 2 is 2.50 bits per heavy atom. The second-order valence-electron chi connectivity index (χ2n) is 3.41. The van der Waals surface area contributed by atoms with Crippen LogP contribution in [0.3, 0.4) is 0 Å². The average molecular weight is 183 g/mol. The summed E-state index contributed by atoms with van der Waals surface area (Å²) in [5.74, 6) is 0. The molecule has 1 heterocycles. The molecule has 1 saturated carbocycles. The molecule has 2 rings (SSSR count). The van der Waals surface area contributed by atoms with Gasteiger partial charge >= 0.3 is 0 Å². The Hall–Kier alpha value is -0.610. The van der Waals surface area contributed by atoms with Gasteiger partial charge in [0, 0.05) is 23.7 Å². The van der Waals surface area contributed by atoms with Crippen molar-refractivity contribution in [1.82, 2.24) is 4.98 Å². The van der Waals surface area contributed by atoms with Gasteiger partial charge in [-0.2, -0.15) is 0 Å². The van der Waals surface area contributed by atoms with Crippen LogP contribution in [0.4, 0.5) is 5.13 Å². The molecular weight excluding hydrogens is 170 g/mol. The lowest BCUT2D eigenvalue weighted by Crippen LogP contribution is -2.51. The van der Waals surface area contributed by atoms with E-state index in [2.05, 4.69) is 10.3 Å². The van der Waals surface area contributed by atoms with Crippen molar-refractivity contribution < 1.29 is 0 Å². The monoisotopic (exact) mass is 183 g/mol. The Bertz CT molecular complexity index is 241. The fourth-order valence-electron chi connectivity index (χ4n) is 1.37. The van der Waals surface area contributed by atoms with E-state index in [0.717, 1.165) is 24.5 Å². The first-order chi connectivity index (χ1) is 5.79. The summed E-state index contributed by atoms with van der Waals surface area (Å²) in [7, 11) is 0. The van der Waals surface area contributed by atoms with Gasteiger partial charge in [-0.3, -0.25) is 0 Å². The molecule has 3 nitrogen and oxygen atoms in total. The molecule has 0 atom stereocenters.